The van der Waals surface area contributed by atoms with Gasteiger partial charge in [0.1, 0.15) is 0 Å². The van der Waals surface area contributed by atoms with Crippen LogP contribution in [0.5, 0.6) is 11.5 Å². The number of rotatable bonds is 6. The maximum atomic E-state index is 9.10. The van der Waals surface area contributed by atoms with Crippen molar-refractivity contribution in [3.05, 3.63) is 60.3 Å². The second kappa shape index (κ2) is 10.5. The molecule has 3 rings (SSSR count). The van der Waals surface area contributed by atoms with E-state index >= 15 is 0 Å². The number of aromatic nitrogens is 2. The largest absolute Gasteiger partial charge is 0.493 e. The number of hydrogen-bond donors (Lipinski definition) is 3. The minimum Gasteiger partial charge on any atom is -0.493 e. The van der Waals surface area contributed by atoms with Gasteiger partial charge in [-0.1, -0.05) is 42.5 Å². The van der Waals surface area contributed by atoms with Crippen LogP contribution in [0.4, 0.5) is 5.95 Å². The van der Waals surface area contributed by atoms with E-state index in [1.54, 1.807) is 14.2 Å². The molecule has 3 N–H and O–H groups in total. The Labute approximate surface area is 173 Å². The zero-order valence-electron chi connectivity index (χ0n) is 16.8. The summed E-state index contributed by atoms with van der Waals surface area (Å²) in [6, 6.07) is 16.1. The molecule has 0 atom stereocenters. The van der Waals surface area contributed by atoms with Crippen LogP contribution in [0, 0.1) is 0 Å². The SMILES string of the molecule is COc1cccc(CNc2ncc(-c3ccccc3)n2C)c1OC.O=C(O)C(=O)O. The van der Waals surface area contributed by atoms with Gasteiger partial charge in [-0.05, 0) is 11.6 Å². The van der Waals surface area contributed by atoms with Crippen molar-refractivity contribution >= 4 is 17.9 Å². The number of ether oxygens (including phenoxy) is 2. The van der Waals surface area contributed by atoms with E-state index in [1.807, 2.05) is 54.2 Å². The number of nitrogens with one attached hydrogen (secondary N) is 1. The minimum atomic E-state index is -1.82. The third-order valence-corrected chi connectivity index (χ3v) is 4.16. The lowest BCUT2D eigenvalue weighted by Gasteiger charge is -2.13. The van der Waals surface area contributed by atoms with Crippen molar-refractivity contribution in [2.24, 2.45) is 7.05 Å². The molecular formula is C21H23N3O6. The lowest BCUT2D eigenvalue weighted by atomic mass is 10.2. The highest BCUT2D eigenvalue weighted by Gasteiger charge is 2.12. The van der Waals surface area contributed by atoms with Crippen molar-refractivity contribution in [1.29, 1.82) is 0 Å². The molecule has 0 unspecified atom stereocenters. The molecule has 0 saturated heterocycles. The van der Waals surface area contributed by atoms with Gasteiger partial charge in [-0.3, -0.25) is 0 Å². The molecule has 3 aromatic rings. The molecular weight excluding hydrogens is 390 g/mol. The zero-order valence-corrected chi connectivity index (χ0v) is 16.8. The average molecular weight is 413 g/mol. The van der Waals surface area contributed by atoms with E-state index < -0.39 is 11.9 Å². The number of methoxy groups -OCH3 is 2. The van der Waals surface area contributed by atoms with Crippen LogP contribution in [0.1, 0.15) is 5.56 Å². The average Bonchev–Trinajstić information content (AvgIpc) is 3.13. The molecule has 0 amide bonds. The van der Waals surface area contributed by atoms with E-state index in [2.05, 4.69) is 22.4 Å². The zero-order chi connectivity index (χ0) is 22.1. The molecule has 0 bridgehead atoms. The number of carboxylic acid groups (broad SMARTS) is 2. The van der Waals surface area contributed by atoms with E-state index in [1.165, 1.54) is 0 Å². The number of carbonyl (C=O) groups is 2. The Morgan fingerprint density at radius 3 is 2.23 bits per heavy atom. The van der Waals surface area contributed by atoms with Crippen molar-refractivity contribution < 1.29 is 29.3 Å². The van der Waals surface area contributed by atoms with Crippen molar-refractivity contribution in [1.82, 2.24) is 9.55 Å². The molecule has 0 spiro atoms. The Kier molecular flexibility index (Phi) is 7.81. The van der Waals surface area contributed by atoms with Gasteiger partial charge in [0.15, 0.2) is 11.5 Å². The van der Waals surface area contributed by atoms with Gasteiger partial charge in [0.2, 0.25) is 5.95 Å². The summed E-state index contributed by atoms with van der Waals surface area (Å²) in [5.41, 5.74) is 3.22. The van der Waals surface area contributed by atoms with Gasteiger partial charge in [-0.25, -0.2) is 14.6 Å². The Morgan fingerprint density at radius 1 is 1.00 bits per heavy atom. The van der Waals surface area contributed by atoms with Crippen LogP contribution in [-0.2, 0) is 23.2 Å². The van der Waals surface area contributed by atoms with E-state index in [-0.39, 0.29) is 0 Å². The van der Waals surface area contributed by atoms with Crippen LogP contribution in [0.15, 0.2) is 54.7 Å². The van der Waals surface area contributed by atoms with Gasteiger partial charge in [0.25, 0.3) is 0 Å². The number of benzene rings is 2. The Bertz CT molecular complexity index is 989. The molecule has 158 valence electrons. The number of imidazole rings is 1. The maximum Gasteiger partial charge on any atom is 0.414 e. The van der Waals surface area contributed by atoms with Crippen LogP contribution in [0.3, 0.4) is 0 Å². The first-order chi connectivity index (χ1) is 14.4. The quantitative estimate of drug-likeness (QED) is 0.527. The molecule has 0 aliphatic carbocycles. The van der Waals surface area contributed by atoms with E-state index in [4.69, 9.17) is 29.3 Å². The maximum absolute atomic E-state index is 9.10. The Hall–Kier alpha value is -4.01. The number of para-hydroxylation sites is 1. The summed E-state index contributed by atoms with van der Waals surface area (Å²) in [5.74, 6) is -1.38. The molecule has 0 radical (unpaired) electrons. The van der Waals surface area contributed by atoms with Crippen molar-refractivity contribution in [3.63, 3.8) is 0 Å². The van der Waals surface area contributed by atoms with Gasteiger partial charge in [0, 0.05) is 19.2 Å². The Morgan fingerprint density at radius 2 is 1.67 bits per heavy atom. The van der Waals surface area contributed by atoms with Crippen molar-refractivity contribution in [2.75, 3.05) is 19.5 Å². The molecule has 0 aliphatic rings. The standard InChI is InChI=1S/C19H21N3O2.C2H2O4/c1-22-16(14-8-5-4-6-9-14)13-21-19(22)20-12-15-10-7-11-17(23-2)18(15)24-3;3-1(4)2(5)6/h4-11,13H,12H2,1-3H3,(H,20,21);(H,3,4)(H,5,6). The van der Waals surface area contributed by atoms with E-state index in [0.717, 1.165) is 34.3 Å². The molecule has 0 saturated carbocycles. The van der Waals surface area contributed by atoms with Gasteiger partial charge in [0.05, 0.1) is 26.1 Å². The molecule has 9 nitrogen and oxygen atoms in total. The number of nitrogens with zero attached hydrogens (tertiary/aromatic N) is 2. The summed E-state index contributed by atoms with van der Waals surface area (Å²) < 4.78 is 12.9. The predicted octanol–water partition coefficient (Wildman–Crippen LogP) is 2.87. The number of hydrogen-bond acceptors (Lipinski definition) is 6. The molecule has 9 heteroatoms. The van der Waals surface area contributed by atoms with Crippen LogP contribution in [0.2, 0.25) is 0 Å². The van der Waals surface area contributed by atoms with Crippen LogP contribution >= 0.6 is 0 Å². The normalized spacial score (nSPS) is 9.83. The second-order valence-corrected chi connectivity index (χ2v) is 6.01. The smallest absolute Gasteiger partial charge is 0.414 e. The van der Waals surface area contributed by atoms with Gasteiger partial charge >= 0.3 is 11.9 Å². The molecule has 2 aromatic carbocycles. The monoisotopic (exact) mass is 413 g/mol. The third kappa shape index (κ3) is 5.51. The highest BCUT2D eigenvalue weighted by molar-refractivity contribution is 6.27. The van der Waals surface area contributed by atoms with Gasteiger partial charge < -0.3 is 29.6 Å². The van der Waals surface area contributed by atoms with Gasteiger partial charge in [-0.2, -0.15) is 0 Å². The predicted molar refractivity (Wildman–Crippen MR) is 111 cm³/mol. The fraction of sp³-hybridized carbons (Fsp3) is 0.190. The van der Waals surface area contributed by atoms with Crippen LogP contribution in [-0.4, -0.2) is 45.9 Å². The summed E-state index contributed by atoms with van der Waals surface area (Å²) in [4.78, 5) is 22.7. The second-order valence-electron chi connectivity index (χ2n) is 6.01. The van der Waals surface area contributed by atoms with Crippen LogP contribution in [0.25, 0.3) is 11.3 Å². The number of anilines is 1. The fourth-order valence-corrected chi connectivity index (χ4v) is 2.72. The van der Waals surface area contributed by atoms with Crippen molar-refractivity contribution in [2.45, 2.75) is 6.54 Å². The van der Waals surface area contributed by atoms with E-state index in [0.29, 0.717) is 6.54 Å². The highest BCUT2D eigenvalue weighted by Crippen LogP contribution is 2.31. The summed E-state index contributed by atoms with van der Waals surface area (Å²) in [6.45, 7) is 0.597. The summed E-state index contributed by atoms with van der Waals surface area (Å²) in [5, 5.41) is 18.1. The fourth-order valence-electron chi connectivity index (χ4n) is 2.72. The molecule has 0 fully saturated rings. The lowest BCUT2D eigenvalue weighted by molar-refractivity contribution is -0.159. The topological polar surface area (TPSA) is 123 Å². The number of aliphatic carboxylic acids is 2. The van der Waals surface area contributed by atoms with E-state index in [9.17, 15) is 0 Å². The first kappa shape index (κ1) is 22.3. The first-order valence-corrected chi connectivity index (χ1v) is 8.86. The molecule has 30 heavy (non-hydrogen) atoms. The Balaban J connectivity index is 0.000000469. The third-order valence-electron chi connectivity index (χ3n) is 4.16. The van der Waals surface area contributed by atoms with Gasteiger partial charge in [-0.15, -0.1) is 0 Å². The summed E-state index contributed by atoms with van der Waals surface area (Å²) >= 11 is 0. The molecule has 1 heterocycles. The summed E-state index contributed by atoms with van der Waals surface area (Å²) in [6.07, 6.45) is 1.88. The van der Waals surface area contributed by atoms with Crippen LogP contribution < -0.4 is 14.8 Å². The van der Waals surface area contributed by atoms with Crippen molar-refractivity contribution in [3.8, 4) is 22.8 Å². The highest BCUT2D eigenvalue weighted by atomic mass is 16.5. The minimum absolute atomic E-state index is 0.597. The number of carboxylic acids is 2. The molecule has 1 aromatic heterocycles. The summed E-state index contributed by atoms with van der Waals surface area (Å²) in [7, 11) is 5.29. The first-order valence-electron chi connectivity index (χ1n) is 8.86. The lowest BCUT2D eigenvalue weighted by Crippen LogP contribution is -2.09. The molecule has 0 aliphatic heterocycles.